The molecule has 1 aromatic rings. The molecule has 1 aromatic carbocycles. The van der Waals surface area contributed by atoms with Crippen molar-refractivity contribution in [1.29, 1.82) is 0 Å². The number of carbonyl (C=O) groups is 1. The molecule has 168 valence electrons. The molecule has 2 fully saturated rings. The van der Waals surface area contributed by atoms with Crippen LogP contribution >= 0.6 is 23.2 Å². The van der Waals surface area contributed by atoms with Gasteiger partial charge in [-0.3, -0.25) is 4.79 Å². The van der Waals surface area contributed by atoms with Gasteiger partial charge in [0.25, 0.3) is 0 Å². The van der Waals surface area contributed by atoms with Crippen LogP contribution in [0.15, 0.2) is 23.1 Å². The molecule has 4 atom stereocenters. The van der Waals surface area contributed by atoms with Gasteiger partial charge in [0.1, 0.15) is 6.04 Å². The predicted octanol–water partition coefficient (Wildman–Crippen LogP) is 2.78. The highest BCUT2D eigenvalue weighted by Crippen LogP contribution is 2.39. The molecule has 7 nitrogen and oxygen atoms in total. The van der Waals surface area contributed by atoms with E-state index in [9.17, 15) is 18.3 Å². The monoisotopic (exact) mass is 478 g/mol. The first-order valence-corrected chi connectivity index (χ1v) is 12.3. The fourth-order valence-electron chi connectivity index (χ4n) is 4.60. The number of aliphatic hydroxyl groups is 1. The minimum atomic E-state index is -4.03. The van der Waals surface area contributed by atoms with E-state index in [0.29, 0.717) is 39.0 Å². The molecule has 0 radical (unpaired) electrons. The molecule has 30 heavy (non-hydrogen) atoms. The Morgan fingerprint density at radius 2 is 1.90 bits per heavy atom. The number of amides is 1. The van der Waals surface area contributed by atoms with Gasteiger partial charge < -0.3 is 14.7 Å². The summed E-state index contributed by atoms with van der Waals surface area (Å²) in [6, 6.07) is 3.01. The van der Waals surface area contributed by atoms with Gasteiger partial charge >= 0.3 is 0 Å². The van der Waals surface area contributed by atoms with Gasteiger partial charge in [-0.25, -0.2) is 8.42 Å². The van der Waals surface area contributed by atoms with Gasteiger partial charge in [-0.05, 0) is 56.7 Å². The topological polar surface area (TPSA) is 87.2 Å². The van der Waals surface area contributed by atoms with Crippen molar-refractivity contribution in [2.24, 2.45) is 5.92 Å². The van der Waals surface area contributed by atoms with E-state index >= 15 is 0 Å². The maximum absolute atomic E-state index is 13.7. The quantitative estimate of drug-likeness (QED) is 0.650. The molecule has 10 heteroatoms. The van der Waals surface area contributed by atoms with E-state index in [0.717, 1.165) is 6.42 Å². The molecule has 0 aromatic heterocycles. The van der Waals surface area contributed by atoms with Crippen LogP contribution in [0.1, 0.15) is 32.6 Å². The van der Waals surface area contributed by atoms with E-state index in [1.807, 2.05) is 0 Å². The van der Waals surface area contributed by atoms with Crippen LogP contribution in [0.2, 0.25) is 10.0 Å². The average molecular weight is 479 g/mol. The lowest BCUT2D eigenvalue weighted by Crippen LogP contribution is -2.55. The Hall–Kier alpha value is -0.900. The Bertz CT molecular complexity index is 860. The average Bonchev–Trinajstić information content (AvgIpc) is 2.73. The van der Waals surface area contributed by atoms with E-state index in [1.165, 1.54) is 22.5 Å². The summed E-state index contributed by atoms with van der Waals surface area (Å²) in [6.07, 6.45) is 1.62. The van der Waals surface area contributed by atoms with Crippen LogP contribution in [0.25, 0.3) is 0 Å². The van der Waals surface area contributed by atoms with Crippen LogP contribution in [0.5, 0.6) is 0 Å². The van der Waals surface area contributed by atoms with E-state index in [1.54, 1.807) is 18.9 Å². The maximum Gasteiger partial charge on any atom is 0.244 e. The van der Waals surface area contributed by atoms with Crippen molar-refractivity contribution in [2.45, 2.75) is 55.7 Å². The van der Waals surface area contributed by atoms with Crippen molar-refractivity contribution < 1.29 is 23.1 Å². The number of fused-ring (bicyclic) bond motifs is 2. The summed E-state index contributed by atoms with van der Waals surface area (Å²) in [4.78, 5) is 15.0. The molecule has 0 spiro atoms. The summed E-state index contributed by atoms with van der Waals surface area (Å²) >= 11 is 12.1. The number of hydrogen-bond acceptors (Lipinski definition) is 5. The fourth-order valence-corrected chi connectivity index (χ4v) is 7.22. The molecule has 2 heterocycles. The molecule has 0 saturated carbocycles. The lowest BCUT2D eigenvalue weighted by molar-refractivity contribution is -0.135. The standard InChI is InChI=1S/C20H28Cl2N2O5S/c1-13(25)8-14-12-23(6-7-29-2)20(26)19-5-3-4-18(14)24(19)30(27,28)17-10-15(21)9-16(22)11-17/h9-11,13-14,18-19,25H,3-8,12H2,1-2H3/t13?,14-,18?,19?/m0/s1. The number of piperidine rings is 1. The Balaban J connectivity index is 2.08. The normalized spacial score (nSPS) is 26.5. The molecule has 2 aliphatic rings. The number of sulfonamides is 1. The van der Waals surface area contributed by atoms with Crippen molar-refractivity contribution in [3.63, 3.8) is 0 Å². The molecular formula is C20H28Cl2N2O5S. The molecule has 3 rings (SSSR count). The number of benzene rings is 1. The number of ether oxygens (including phenoxy) is 1. The lowest BCUT2D eigenvalue weighted by atomic mass is 9.87. The largest absolute Gasteiger partial charge is 0.393 e. The number of nitrogens with zero attached hydrogens (tertiary/aromatic N) is 2. The molecular weight excluding hydrogens is 451 g/mol. The number of hydrogen-bond donors (Lipinski definition) is 1. The summed E-state index contributed by atoms with van der Waals surface area (Å²) in [6.45, 7) is 2.81. The van der Waals surface area contributed by atoms with Crippen LogP contribution in [-0.4, -0.2) is 73.6 Å². The zero-order chi connectivity index (χ0) is 22.1. The second-order valence-corrected chi connectivity index (χ2v) is 10.8. The summed E-state index contributed by atoms with van der Waals surface area (Å²) in [5.74, 6) is -0.415. The molecule has 2 bridgehead atoms. The van der Waals surface area contributed by atoms with Crippen molar-refractivity contribution in [2.75, 3.05) is 26.8 Å². The third-order valence-corrected chi connectivity index (χ3v) is 8.18. The first-order valence-electron chi connectivity index (χ1n) is 10.1. The first-order chi connectivity index (χ1) is 14.1. The second-order valence-electron chi connectivity index (χ2n) is 8.08. The molecule has 3 unspecified atom stereocenters. The minimum Gasteiger partial charge on any atom is -0.393 e. The van der Waals surface area contributed by atoms with Crippen molar-refractivity contribution >= 4 is 39.1 Å². The van der Waals surface area contributed by atoms with Gasteiger partial charge in [0.2, 0.25) is 15.9 Å². The van der Waals surface area contributed by atoms with Crippen LogP contribution in [0.4, 0.5) is 0 Å². The summed E-state index contributed by atoms with van der Waals surface area (Å²) < 4.78 is 33.9. The predicted molar refractivity (Wildman–Crippen MR) is 115 cm³/mol. The SMILES string of the molecule is COCCN1C[C@H](CC(C)O)C2CCCC(C1=O)N2S(=O)(=O)c1cc(Cl)cc(Cl)c1. The van der Waals surface area contributed by atoms with E-state index in [4.69, 9.17) is 27.9 Å². The molecule has 2 aliphatic heterocycles. The molecule has 2 saturated heterocycles. The Morgan fingerprint density at radius 1 is 1.23 bits per heavy atom. The van der Waals surface area contributed by atoms with Crippen LogP contribution in [0.3, 0.4) is 0 Å². The van der Waals surface area contributed by atoms with Gasteiger partial charge in [-0.15, -0.1) is 0 Å². The van der Waals surface area contributed by atoms with Gasteiger partial charge in [0, 0.05) is 36.3 Å². The third kappa shape index (κ3) is 4.95. The smallest absolute Gasteiger partial charge is 0.244 e. The Morgan fingerprint density at radius 3 is 2.50 bits per heavy atom. The highest BCUT2D eigenvalue weighted by molar-refractivity contribution is 7.89. The maximum atomic E-state index is 13.7. The zero-order valence-corrected chi connectivity index (χ0v) is 19.5. The summed E-state index contributed by atoms with van der Waals surface area (Å²) in [5.41, 5.74) is 0. The van der Waals surface area contributed by atoms with Gasteiger partial charge in [0.15, 0.2) is 0 Å². The Kier molecular flexibility index (Phi) is 7.69. The van der Waals surface area contributed by atoms with E-state index in [-0.39, 0.29) is 26.8 Å². The molecule has 1 amide bonds. The van der Waals surface area contributed by atoms with Crippen LogP contribution in [0, 0.1) is 5.92 Å². The molecule has 0 aliphatic carbocycles. The number of methoxy groups -OCH3 is 1. The van der Waals surface area contributed by atoms with Crippen LogP contribution < -0.4 is 0 Å². The van der Waals surface area contributed by atoms with E-state index in [2.05, 4.69) is 0 Å². The van der Waals surface area contributed by atoms with Crippen molar-refractivity contribution in [3.8, 4) is 0 Å². The number of rotatable bonds is 7. The van der Waals surface area contributed by atoms with Gasteiger partial charge in [0.05, 0.1) is 17.6 Å². The van der Waals surface area contributed by atoms with Crippen molar-refractivity contribution in [3.05, 3.63) is 28.2 Å². The zero-order valence-electron chi connectivity index (χ0n) is 17.1. The number of aliphatic hydroxyl groups excluding tert-OH is 1. The number of carbonyl (C=O) groups excluding carboxylic acids is 1. The highest BCUT2D eigenvalue weighted by Gasteiger charge is 2.50. The lowest BCUT2D eigenvalue weighted by Gasteiger charge is -2.41. The minimum absolute atomic E-state index is 0.0224. The van der Waals surface area contributed by atoms with Gasteiger partial charge in [-0.1, -0.05) is 23.2 Å². The van der Waals surface area contributed by atoms with Gasteiger partial charge in [-0.2, -0.15) is 4.31 Å². The summed E-state index contributed by atoms with van der Waals surface area (Å²) in [5, 5.41) is 10.5. The van der Waals surface area contributed by atoms with E-state index < -0.39 is 28.2 Å². The molecule has 1 N–H and O–H groups in total. The third-order valence-electron chi connectivity index (χ3n) is 5.83. The Labute approximate surface area is 187 Å². The van der Waals surface area contributed by atoms with Crippen molar-refractivity contribution in [1.82, 2.24) is 9.21 Å². The highest BCUT2D eigenvalue weighted by atomic mass is 35.5. The number of halogens is 2. The van der Waals surface area contributed by atoms with Crippen LogP contribution in [-0.2, 0) is 19.6 Å². The summed E-state index contributed by atoms with van der Waals surface area (Å²) in [7, 11) is -2.47. The second kappa shape index (κ2) is 9.71. The fraction of sp³-hybridized carbons (Fsp3) is 0.650. The first kappa shape index (κ1) is 23.8.